The molecule has 5 nitrogen and oxygen atoms in total. The molecule has 1 aromatic rings. The van der Waals surface area contributed by atoms with Crippen molar-refractivity contribution < 1.29 is 14.4 Å². The fourth-order valence-corrected chi connectivity index (χ4v) is 4.76. The summed E-state index contributed by atoms with van der Waals surface area (Å²) in [5.41, 5.74) is 2.79. The fraction of sp³-hybridized carbons (Fsp3) is 0.476. The first-order chi connectivity index (χ1) is 12.4. The molecule has 0 N–H and O–H groups in total. The molecule has 0 spiro atoms. The first kappa shape index (κ1) is 17.0. The lowest BCUT2D eigenvalue weighted by atomic mass is 9.75. The number of fused-ring (bicyclic) bond motifs is 2. The third-order valence-electron chi connectivity index (χ3n) is 5.97. The van der Waals surface area contributed by atoms with E-state index in [1.807, 2.05) is 4.90 Å². The van der Waals surface area contributed by atoms with Gasteiger partial charge in [0.2, 0.25) is 11.8 Å². The van der Waals surface area contributed by atoms with Gasteiger partial charge in [-0.15, -0.1) is 0 Å². The van der Waals surface area contributed by atoms with Crippen molar-refractivity contribution in [3.8, 4) is 0 Å². The van der Waals surface area contributed by atoms with Gasteiger partial charge in [-0.3, -0.25) is 19.3 Å². The highest BCUT2D eigenvalue weighted by Gasteiger charge is 2.46. The summed E-state index contributed by atoms with van der Waals surface area (Å²) >= 11 is 0. The summed E-state index contributed by atoms with van der Waals surface area (Å²) in [6.45, 7) is 5.14. The summed E-state index contributed by atoms with van der Waals surface area (Å²) in [6.07, 6.45) is 5.82. The zero-order chi connectivity index (χ0) is 18.5. The Morgan fingerprint density at radius 1 is 1.15 bits per heavy atom. The number of hydrogen-bond acceptors (Lipinski definition) is 3. The zero-order valence-corrected chi connectivity index (χ0v) is 15.3. The van der Waals surface area contributed by atoms with Gasteiger partial charge in [0.15, 0.2) is 0 Å². The van der Waals surface area contributed by atoms with Gasteiger partial charge in [0, 0.05) is 31.0 Å². The van der Waals surface area contributed by atoms with E-state index in [0.717, 1.165) is 25.8 Å². The van der Waals surface area contributed by atoms with Crippen molar-refractivity contribution in [1.29, 1.82) is 0 Å². The number of benzene rings is 1. The molecule has 0 aromatic heterocycles. The number of hydrogen-bond donors (Lipinski definition) is 0. The third kappa shape index (κ3) is 2.75. The lowest BCUT2D eigenvalue weighted by molar-refractivity contribution is -0.121. The average Bonchev–Trinajstić information content (AvgIpc) is 3.09. The van der Waals surface area contributed by atoms with Gasteiger partial charge in [-0.25, -0.2) is 0 Å². The molecule has 2 heterocycles. The molecule has 5 heteroatoms. The molecule has 1 saturated carbocycles. The van der Waals surface area contributed by atoms with Gasteiger partial charge in [-0.1, -0.05) is 18.6 Å². The van der Waals surface area contributed by atoms with Crippen molar-refractivity contribution in [2.45, 2.75) is 52.0 Å². The maximum absolute atomic E-state index is 13.0. The predicted molar refractivity (Wildman–Crippen MR) is 98.7 cm³/mol. The van der Waals surface area contributed by atoms with Crippen molar-refractivity contribution in [2.24, 2.45) is 5.41 Å². The SMILES string of the molecule is C/C=C1/CC2CC(C)(C1)CN2C(=O)c1ccc(N2C(=O)CCC2=O)cc1. The predicted octanol–water partition coefficient (Wildman–Crippen LogP) is 3.30. The van der Waals surface area contributed by atoms with E-state index in [1.165, 1.54) is 10.5 Å². The Labute approximate surface area is 153 Å². The van der Waals surface area contributed by atoms with Gasteiger partial charge in [0.25, 0.3) is 5.91 Å². The summed E-state index contributed by atoms with van der Waals surface area (Å²) in [6, 6.07) is 7.15. The van der Waals surface area contributed by atoms with Crippen LogP contribution < -0.4 is 4.90 Å². The van der Waals surface area contributed by atoms with Crippen LogP contribution in [-0.4, -0.2) is 35.2 Å². The summed E-state index contributed by atoms with van der Waals surface area (Å²) in [5, 5.41) is 0. The second kappa shape index (κ2) is 6.08. The number of anilines is 1. The van der Waals surface area contributed by atoms with E-state index in [9.17, 15) is 14.4 Å². The number of carbonyl (C=O) groups excluding carboxylic acids is 3. The molecule has 2 atom stereocenters. The van der Waals surface area contributed by atoms with Crippen LogP contribution in [0.4, 0.5) is 5.69 Å². The Kier molecular flexibility index (Phi) is 3.98. The molecule has 1 aromatic carbocycles. The number of amides is 3. The number of rotatable bonds is 2. The summed E-state index contributed by atoms with van der Waals surface area (Å²) < 4.78 is 0. The highest BCUT2D eigenvalue weighted by molar-refractivity contribution is 6.19. The smallest absolute Gasteiger partial charge is 0.254 e. The molecule has 26 heavy (non-hydrogen) atoms. The Bertz CT molecular complexity index is 795. The van der Waals surface area contributed by atoms with Crippen molar-refractivity contribution in [2.75, 3.05) is 11.4 Å². The molecular formula is C21H24N2O3. The van der Waals surface area contributed by atoms with E-state index in [0.29, 0.717) is 11.3 Å². The van der Waals surface area contributed by atoms with Crippen molar-refractivity contribution in [3.63, 3.8) is 0 Å². The largest absolute Gasteiger partial charge is 0.335 e. The Morgan fingerprint density at radius 2 is 1.81 bits per heavy atom. The summed E-state index contributed by atoms with van der Waals surface area (Å²) in [7, 11) is 0. The molecule has 3 amide bonds. The number of likely N-dealkylation sites (tertiary alicyclic amines) is 1. The summed E-state index contributed by atoms with van der Waals surface area (Å²) in [5.74, 6) is -0.301. The summed E-state index contributed by atoms with van der Waals surface area (Å²) in [4.78, 5) is 40.0. The van der Waals surface area contributed by atoms with Crippen LogP contribution in [0.5, 0.6) is 0 Å². The first-order valence-corrected chi connectivity index (χ1v) is 9.31. The van der Waals surface area contributed by atoms with Crippen LogP contribution in [-0.2, 0) is 9.59 Å². The van der Waals surface area contributed by atoms with Gasteiger partial charge in [-0.2, -0.15) is 0 Å². The van der Waals surface area contributed by atoms with Gasteiger partial charge in [-0.05, 0) is 55.9 Å². The Hall–Kier alpha value is -2.43. The van der Waals surface area contributed by atoms with Crippen LogP contribution in [0.1, 0.15) is 56.3 Å². The van der Waals surface area contributed by atoms with Crippen LogP contribution in [0.25, 0.3) is 0 Å². The molecule has 1 aliphatic carbocycles. The average molecular weight is 352 g/mol. The van der Waals surface area contributed by atoms with Crippen LogP contribution in [0, 0.1) is 5.41 Å². The third-order valence-corrected chi connectivity index (χ3v) is 5.97. The quantitative estimate of drug-likeness (QED) is 0.606. The molecule has 4 rings (SSSR count). The number of carbonyl (C=O) groups is 3. The molecular weight excluding hydrogens is 328 g/mol. The lowest BCUT2D eigenvalue weighted by Crippen LogP contribution is -2.35. The Balaban J connectivity index is 1.54. The maximum atomic E-state index is 13.0. The molecule has 2 saturated heterocycles. The van der Waals surface area contributed by atoms with Crippen molar-refractivity contribution >= 4 is 23.4 Å². The zero-order valence-electron chi connectivity index (χ0n) is 15.3. The molecule has 0 radical (unpaired) electrons. The van der Waals surface area contributed by atoms with Gasteiger partial charge in [0.05, 0.1) is 5.69 Å². The van der Waals surface area contributed by atoms with Gasteiger partial charge >= 0.3 is 0 Å². The Morgan fingerprint density at radius 3 is 2.42 bits per heavy atom. The molecule has 2 aliphatic heterocycles. The molecule has 3 fully saturated rings. The minimum atomic E-state index is -0.172. The van der Waals surface area contributed by atoms with E-state index in [1.54, 1.807) is 24.3 Å². The van der Waals surface area contributed by atoms with Crippen LogP contribution in [0.15, 0.2) is 35.9 Å². The normalized spacial score (nSPS) is 29.8. The first-order valence-electron chi connectivity index (χ1n) is 9.31. The number of allylic oxidation sites excluding steroid dienone is 1. The number of nitrogens with zero attached hydrogens (tertiary/aromatic N) is 2. The van der Waals surface area contributed by atoms with E-state index in [-0.39, 0.29) is 42.0 Å². The molecule has 136 valence electrons. The lowest BCUT2D eigenvalue weighted by Gasteiger charge is -2.29. The van der Waals surface area contributed by atoms with Crippen molar-refractivity contribution in [1.82, 2.24) is 4.90 Å². The topological polar surface area (TPSA) is 57.7 Å². The van der Waals surface area contributed by atoms with Gasteiger partial charge < -0.3 is 4.90 Å². The molecule has 3 aliphatic rings. The highest BCUT2D eigenvalue weighted by Crippen LogP contribution is 2.47. The van der Waals surface area contributed by atoms with Crippen LogP contribution >= 0.6 is 0 Å². The fourth-order valence-electron chi connectivity index (χ4n) is 4.76. The maximum Gasteiger partial charge on any atom is 0.254 e. The van der Waals surface area contributed by atoms with E-state index in [2.05, 4.69) is 19.9 Å². The second-order valence-electron chi connectivity index (χ2n) is 8.10. The minimum absolute atomic E-state index is 0.0432. The number of imide groups is 1. The standard InChI is InChI=1S/C21H24N2O3/c1-3-14-10-17-12-21(2,11-14)13-22(17)20(26)15-4-6-16(7-5-15)23-18(24)8-9-19(23)25/h3-7,17H,8-13H2,1-2H3/b14-3-. The van der Waals surface area contributed by atoms with Crippen molar-refractivity contribution in [3.05, 3.63) is 41.5 Å². The second-order valence-corrected chi connectivity index (χ2v) is 8.10. The highest BCUT2D eigenvalue weighted by atomic mass is 16.2. The monoisotopic (exact) mass is 352 g/mol. The minimum Gasteiger partial charge on any atom is -0.335 e. The van der Waals surface area contributed by atoms with E-state index < -0.39 is 0 Å². The van der Waals surface area contributed by atoms with Crippen LogP contribution in [0.3, 0.4) is 0 Å². The van der Waals surface area contributed by atoms with Gasteiger partial charge in [0.1, 0.15) is 0 Å². The van der Waals surface area contributed by atoms with Crippen LogP contribution in [0.2, 0.25) is 0 Å². The molecule has 2 bridgehead atoms. The van der Waals surface area contributed by atoms with E-state index in [4.69, 9.17) is 0 Å². The molecule has 2 unspecified atom stereocenters. The van der Waals surface area contributed by atoms with E-state index >= 15 is 0 Å².